The smallest absolute Gasteiger partial charge is 0.348 e. The van der Waals surface area contributed by atoms with Crippen LogP contribution in [0.3, 0.4) is 0 Å². The molecule has 1 heterocycles. The summed E-state index contributed by atoms with van der Waals surface area (Å²) in [4.78, 5) is 25.9. The molecule has 0 saturated carbocycles. The van der Waals surface area contributed by atoms with Crippen molar-refractivity contribution in [2.24, 2.45) is 0 Å². The van der Waals surface area contributed by atoms with Crippen molar-refractivity contribution < 1.29 is 23.8 Å². The van der Waals surface area contributed by atoms with Gasteiger partial charge >= 0.3 is 5.97 Å². The zero-order valence-electron chi connectivity index (χ0n) is 14.0. The molecule has 0 saturated heterocycles. The fraction of sp³-hybridized carbons (Fsp3) is 0.211. The molecule has 7 heteroatoms. The number of nitriles is 1. The van der Waals surface area contributed by atoms with Crippen molar-refractivity contribution in [3.05, 3.63) is 54.1 Å². The largest absolute Gasteiger partial charge is 0.484 e. The number of benzene rings is 2. The van der Waals surface area contributed by atoms with Gasteiger partial charge in [0.25, 0.3) is 5.91 Å². The maximum Gasteiger partial charge on any atom is 0.348 e. The molecule has 0 N–H and O–H groups in total. The average molecular weight is 352 g/mol. The number of para-hydroxylation sites is 2. The van der Waals surface area contributed by atoms with Crippen molar-refractivity contribution in [3.63, 3.8) is 0 Å². The molecule has 3 rings (SSSR count). The van der Waals surface area contributed by atoms with E-state index in [1.807, 2.05) is 6.07 Å². The van der Waals surface area contributed by atoms with Crippen LogP contribution >= 0.6 is 0 Å². The number of hydrogen-bond donors (Lipinski definition) is 0. The molecule has 1 amide bonds. The summed E-state index contributed by atoms with van der Waals surface area (Å²) < 4.78 is 15.8. The van der Waals surface area contributed by atoms with Crippen molar-refractivity contribution in [1.82, 2.24) is 0 Å². The molecular formula is C19H16N2O5. The van der Waals surface area contributed by atoms with Gasteiger partial charge < -0.3 is 19.1 Å². The molecule has 1 atom stereocenters. The van der Waals surface area contributed by atoms with Gasteiger partial charge in [-0.25, -0.2) is 4.79 Å². The summed E-state index contributed by atoms with van der Waals surface area (Å²) in [5.41, 5.74) is 1.08. The number of carbonyl (C=O) groups excluding carboxylic acids is 2. The molecule has 0 spiro atoms. The van der Waals surface area contributed by atoms with Crippen LogP contribution in [-0.2, 0) is 14.3 Å². The Hall–Kier alpha value is -3.53. The van der Waals surface area contributed by atoms with Crippen LogP contribution in [0.5, 0.6) is 11.5 Å². The lowest BCUT2D eigenvalue weighted by Gasteiger charge is -2.33. The standard InChI is InChI=1S/C19H16N2O5/c1-24-19(23)17-11-21(15-4-2-3-5-16(15)26-17)18(22)12-25-14-8-6-13(10-20)7-9-14/h2-9,17H,11-12H2,1H3/t17-/m0/s1. The molecule has 0 radical (unpaired) electrons. The van der Waals surface area contributed by atoms with Crippen molar-refractivity contribution in [1.29, 1.82) is 5.26 Å². The van der Waals surface area contributed by atoms with Gasteiger partial charge in [-0.2, -0.15) is 5.26 Å². The number of ether oxygens (including phenoxy) is 3. The molecule has 132 valence electrons. The molecule has 2 aromatic rings. The first-order valence-electron chi connectivity index (χ1n) is 7.89. The third-order valence-electron chi connectivity index (χ3n) is 3.88. The van der Waals surface area contributed by atoms with E-state index in [-0.39, 0.29) is 19.1 Å². The summed E-state index contributed by atoms with van der Waals surface area (Å²) in [5.74, 6) is 0.0358. The second-order valence-corrected chi connectivity index (χ2v) is 5.53. The summed E-state index contributed by atoms with van der Waals surface area (Å²) in [5, 5.41) is 8.80. The van der Waals surface area contributed by atoms with E-state index >= 15 is 0 Å². The number of carbonyl (C=O) groups is 2. The van der Waals surface area contributed by atoms with Gasteiger partial charge in [-0.15, -0.1) is 0 Å². The van der Waals surface area contributed by atoms with Crippen molar-refractivity contribution in [3.8, 4) is 17.6 Å². The lowest BCUT2D eigenvalue weighted by Crippen LogP contribution is -2.48. The molecule has 0 bridgehead atoms. The van der Waals surface area contributed by atoms with E-state index in [4.69, 9.17) is 19.5 Å². The Morgan fingerprint density at radius 1 is 1.23 bits per heavy atom. The summed E-state index contributed by atoms with van der Waals surface area (Å²) in [6.07, 6.45) is -0.895. The molecule has 1 aliphatic heterocycles. The van der Waals surface area contributed by atoms with Gasteiger partial charge in [0.2, 0.25) is 6.10 Å². The molecular weight excluding hydrogens is 336 g/mol. The summed E-state index contributed by atoms with van der Waals surface area (Å²) >= 11 is 0. The Morgan fingerprint density at radius 2 is 1.96 bits per heavy atom. The second-order valence-electron chi connectivity index (χ2n) is 5.53. The maximum absolute atomic E-state index is 12.7. The van der Waals surface area contributed by atoms with E-state index in [0.29, 0.717) is 22.7 Å². The topological polar surface area (TPSA) is 88.9 Å². The zero-order chi connectivity index (χ0) is 18.5. The number of amides is 1. The molecule has 26 heavy (non-hydrogen) atoms. The van der Waals surface area contributed by atoms with Crippen LogP contribution in [-0.4, -0.2) is 38.2 Å². The predicted molar refractivity (Wildman–Crippen MR) is 91.9 cm³/mol. The molecule has 0 aromatic heterocycles. The third-order valence-corrected chi connectivity index (χ3v) is 3.88. The number of anilines is 1. The van der Waals surface area contributed by atoms with E-state index in [9.17, 15) is 9.59 Å². The monoisotopic (exact) mass is 352 g/mol. The molecule has 7 nitrogen and oxygen atoms in total. The fourth-order valence-corrected chi connectivity index (χ4v) is 2.57. The lowest BCUT2D eigenvalue weighted by atomic mass is 10.2. The Kier molecular flexibility index (Phi) is 5.04. The zero-order valence-corrected chi connectivity index (χ0v) is 14.0. The highest BCUT2D eigenvalue weighted by Crippen LogP contribution is 2.33. The van der Waals surface area contributed by atoms with E-state index in [1.165, 1.54) is 12.0 Å². The maximum atomic E-state index is 12.7. The second kappa shape index (κ2) is 7.57. The van der Waals surface area contributed by atoms with Gasteiger partial charge in [0, 0.05) is 0 Å². The first-order valence-corrected chi connectivity index (χ1v) is 7.89. The van der Waals surface area contributed by atoms with Crippen molar-refractivity contribution in [2.45, 2.75) is 6.10 Å². The van der Waals surface area contributed by atoms with Crippen molar-refractivity contribution in [2.75, 3.05) is 25.2 Å². The Labute approximate surface area is 150 Å². The minimum absolute atomic E-state index is 0.0409. The van der Waals surface area contributed by atoms with Gasteiger partial charge in [0.15, 0.2) is 6.61 Å². The molecule has 0 aliphatic carbocycles. The first kappa shape index (κ1) is 17.3. The summed E-state index contributed by atoms with van der Waals surface area (Å²) in [7, 11) is 1.27. The van der Waals surface area contributed by atoms with Gasteiger partial charge in [-0.1, -0.05) is 12.1 Å². The predicted octanol–water partition coefficient (Wildman–Crippen LogP) is 1.90. The van der Waals surface area contributed by atoms with Crippen LogP contribution in [0, 0.1) is 11.3 Å². The summed E-state index contributed by atoms with van der Waals surface area (Å²) in [6, 6.07) is 15.4. The van der Waals surface area contributed by atoms with Crippen LogP contribution in [0.15, 0.2) is 48.5 Å². The summed E-state index contributed by atoms with van der Waals surface area (Å²) in [6.45, 7) is -0.173. The van der Waals surface area contributed by atoms with Gasteiger partial charge in [-0.05, 0) is 36.4 Å². The van der Waals surface area contributed by atoms with Crippen LogP contribution < -0.4 is 14.4 Å². The number of methoxy groups -OCH3 is 1. The highest BCUT2D eigenvalue weighted by Gasteiger charge is 2.34. The molecule has 0 fully saturated rings. The van der Waals surface area contributed by atoms with Crippen LogP contribution in [0.4, 0.5) is 5.69 Å². The molecule has 0 unspecified atom stereocenters. The molecule has 1 aliphatic rings. The number of esters is 1. The van der Waals surface area contributed by atoms with Crippen LogP contribution in [0.1, 0.15) is 5.56 Å². The average Bonchev–Trinajstić information content (AvgIpc) is 2.70. The van der Waals surface area contributed by atoms with Crippen molar-refractivity contribution >= 4 is 17.6 Å². The Morgan fingerprint density at radius 3 is 2.65 bits per heavy atom. The van der Waals surface area contributed by atoms with E-state index in [1.54, 1.807) is 48.5 Å². The van der Waals surface area contributed by atoms with E-state index in [0.717, 1.165) is 0 Å². The first-order chi connectivity index (χ1) is 12.6. The van der Waals surface area contributed by atoms with Gasteiger partial charge in [0.1, 0.15) is 11.5 Å². The Bertz CT molecular complexity index is 857. The Balaban J connectivity index is 1.74. The highest BCUT2D eigenvalue weighted by atomic mass is 16.6. The van der Waals surface area contributed by atoms with E-state index < -0.39 is 12.1 Å². The third kappa shape index (κ3) is 3.59. The van der Waals surface area contributed by atoms with Gasteiger partial charge in [0.05, 0.1) is 31.0 Å². The number of hydrogen-bond acceptors (Lipinski definition) is 6. The molecule has 2 aromatic carbocycles. The van der Waals surface area contributed by atoms with Gasteiger partial charge in [-0.3, -0.25) is 4.79 Å². The quantitative estimate of drug-likeness (QED) is 0.781. The van der Waals surface area contributed by atoms with Crippen LogP contribution in [0.2, 0.25) is 0 Å². The minimum atomic E-state index is -0.895. The lowest BCUT2D eigenvalue weighted by molar-refractivity contribution is -0.148. The normalized spacial score (nSPS) is 15.2. The SMILES string of the molecule is COC(=O)[C@@H]1CN(C(=O)COc2ccc(C#N)cc2)c2ccccc2O1. The number of rotatable bonds is 4. The fourth-order valence-electron chi connectivity index (χ4n) is 2.57. The highest BCUT2D eigenvalue weighted by molar-refractivity contribution is 5.97. The van der Waals surface area contributed by atoms with Crippen LogP contribution in [0.25, 0.3) is 0 Å². The van der Waals surface area contributed by atoms with E-state index in [2.05, 4.69) is 0 Å². The number of fused-ring (bicyclic) bond motifs is 1. The number of nitrogens with zero attached hydrogens (tertiary/aromatic N) is 2. The minimum Gasteiger partial charge on any atom is -0.484 e.